The zero-order valence-corrected chi connectivity index (χ0v) is 12.0. The van der Waals surface area contributed by atoms with E-state index < -0.39 is 0 Å². The Morgan fingerprint density at radius 1 is 1.55 bits per heavy atom. The van der Waals surface area contributed by atoms with Crippen LogP contribution in [-0.2, 0) is 0 Å². The summed E-state index contributed by atoms with van der Waals surface area (Å²) in [7, 11) is 0. The first kappa shape index (κ1) is 13.1. The molecule has 1 saturated heterocycles. The third-order valence-corrected chi connectivity index (χ3v) is 4.17. The molecule has 0 spiro atoms. The Hall–Kier alpha value is -1.88. The molecule has 106 valence electrons. The highest BCUT2D eigenvalue weighted by atomic mass is 16.2. The van der Waals surface area contributed by atoms with Crippen molar-refractivity contribution in [2.24, 2.45) is 11.1 Å². The summed E-state index contributed by atoms with van der Waals surface area (Å²) in [6.07, 6.45) is 4.69. The van der Waals surface area contributed by atoms with Gasteiger partial charge in [0.25, 0.3) is 5.91 Å². The number of amides is 1. The van der Waals surface area contributed by atoms with Gasteiger partial charge in [0, 0.05) is 25.5 Å². The minimum atomic E-state index is 0.00327. The third-order valence-electron chi connectivity index (χ3n) is 4.17. The predicted molar refractivity (Wildman–Crippen MR) is 77.6 cm³/mol. The number of hydrogen-bond acceptors (Lipinski definition) is 3. The number of imidazole rings is 1. The van der Waals surface area contributed by atoms with Crippen molar-refractivity contribution >= 4 is 11.6 Å². The lowest BCUT2D eigenvalue weighted by Gasteiger charge is -2.21. The number of nitrogens with two attached hydrogens (primary N) is 1. The number of aryl methyl sites for hydroxylation is 1. The van der Waals surface area contributed by atoms with Crippen LogP contribution in [0.4, 0.5) is 0 Å². The summed E-state index contributed by atoms with van der Waals surface area (Å²) < 4.78 is 1.89. The standard InChI is InChI=1S/C15H20N4O/c1-11-3-5-18-8-12(17-13(18)7-11)14(20)19-6-4-15(2,9-16)10-19/h3,5,7-8H,4,6,9-10,16H2,1-2H3. The predicted octanol–water partition coefficient (Wildman–Crippen LogP) is 1.45. The number of hydrogen-bond donors (Lipinski definition) is 1. The number of fused-ring (bicyclic) bond motifs is 1. The van der Waals surface area contributed by atoms with Crippen molar-refractivity contribution in [3.05, 3.63) is 35.8 Å². The van der Waals surface area contributed by atoms with E-state index in [0.717, 1.165) is 30.7 Å². The van der Waals surface area contributed by atoms with E-state index in [1.165, 1.54) is 0 Å². The van der Waals surface area contributed by atoms with Crippen molar-refractivity contribution in [3.63, 3.8) is 0 Å². The van der Waals surface area contributed by atoms with Crippen LogP contribution in [0.3, 0.4) is 0 Å². The van der Waals surface area contributed by atoms with Crippen LogP contribution in [0, 0.1) is 12.3 Å². The van der Waals surface area contributed by atoms with Gasteiger partial charge in [-0.3, -0.25) is 4.79 Å². The molecule has 0 radical (unpaired) electrons. The molecule has 2 aromatic heterocycles. The van der Waals surface area contributed by atoms with Gasteiger partial charge in [-0.2, -0.15) is 0 Å². The van der Waals surface area contributed by atoms with Crippen molar-refractivity contribution < 1.29 is 4.79 Å². The number of aromatic nitrogens is 2. The Morgan fingerprint density at radius 2 is 2.35 bits per heavy atom. The molecule has 5 heteroatoms. The zero-order valence-electron chi connectivity index (χ0n) is 12.0. The summed E-state index contributed by atoms with van der Waals surface area (Å²) in [5.74, 6) is 0.00327. The Labute approximate surface area is 118 Å². The molecule has 0 saturated carbocycles. The number of likely N-dealkylation sites (tertiary alicyclic amines) is 1. The lowest BCUT2D eigenvalue weighted by molar-refractivity contribution is 0.0772. The van der Waals surface area contributed by atoms with Gasteiger partial charge in [-0.25, -0.2) is 4.98 Å². The van der Waals surface area contributed by atoms with Gasteiger partial charge in [0.1, 0.15) is 11.3 Å². The fourth-order valence-electron chi connectivity index (χ4n) is 2.71. The van der Waals surface area contributed by atoms with Crippen LogP contribution in [-0.4, -0.2) is 39.8 Å². The molecule has 0 aromatic carbocycles. The van der Waals surface area contributed by atoms with E-state index in [2.05, 4.69) is 11.9 Å². The average molecular weight is 272 g/mol. The highest BCUT2D eigenvalue weighted by molar-refractivity contribution is 5.93. The highest BCUT2D eigenvalue weighted by Gasteiger charge is 2.35. The van der Waals surface area contributed by atoms with Gasteiger partial charge in [0.05, 0.1) is 0 Å². The molecule has 3 rings (SSSR count). The lowest BCUT2D eigenvalue weighted by Crippen LogP contribution is -2.34. The minimum Gasteiger partial charge on any atom is -0.337 e. The SMILES string of the molecule is Cc1ccn2cc(C(=O)N3CCC(C)(CN)C3)nc2c1. The van der Waals surface area contributed by atoms with E-state index in [1.807, 2.05) is 34.6 Å². The van der Waals surface area contributed by atoms with Gasteiger partial charge in [0.2, 0.25) is 0 Å². The fourth-order valence-corrected chi connectivity index (χ4v) is 2.71. The van der Waals surface area contributed by atoms with Crippen molar-refractivity contribution in [2.45, 2.75) is 20.3 Å². The molecular formula is C15H20N4O. The molecule has 2 N–H and O–H groups in total. The molecule has 2 aromatic rings. The first-order valence-electron chi connectivity index (χ1n) is 6.95. The van der Waals surface area contributed by atoms with Gasteiger partial charge < -0.3 is 15.0 Å². The minimum absolute atomic E-state index is 0.00327. The molecule has 1 unspecified atom stereocenters. The maximum Gasteiger partial charge on any atom is 0.274 e. The summed E-state index contributed by atoms with van der Waals surface area (Å²) in [5.41, 5.74) is 8.30. The van der Waals surface area contributed by atoms with Crippen LogP contribution in [0.15, 0.2) is 24.5 Å². The van der Waals surface area contributed by atoms with E-state index in [-0.39, 0.29) is 11.3 Å². The Kier molecular flexibility index (Phi) is 3.01. The summed E-state index contributed by atoms with van der Waals surface area (Å²) in [6, 6.07) is 3.98. The van der Waals surface area contributed by atoms with Crippen LogP contribution in [0.2, 0.25) is 0 Å². The van der Waals surface area contributed by atoms with Crippen molar-refractivity contribution in [2.75, 3.05) is 19.6 Å². The van der Waals surface area contributed by atoms with E-state index in [1.54, 1.807) is 6.20 Å². The topological polar surface area (TPSA) is 63.6 Å². The number of pyridine rings is 1. The number of nitrogens with zero attached hydrogens (tertiary/aromatic N) is 3. The second kappa shape index (κ2) is 4.59. The van der Waals surface area contributed by atoms with Crippen LogP contribution in [0.5, 0.6) is 0 Å². The van der Waals surface area contributed by atoms with E-state index in [4.69, 9.17) is 5.73 Å². The smallest absolute Gasteiger partial charge is 0.274 e. The maximum absolute atomic E-state index is 12.5. The largest absolute Gasteiger partial charge is 0.337 e. The summed E-state index contributed by atoms with van der Waals surface area (Å²) >= 11 is 0. The first-order chi connectivity index (χ1) is 9.50. The number of carbonyl (C=O) groups excluding carboxylic acids is 1. The maximum atomic E-state index is 12.5. The normalized spacial score (nSPS) is 22.6. The van der Waals surface area contributed by atoms with Crippen molar-refractivity contribution in [1.82, 2.24) is 14.3 Å². The second-order valence-electron chi connectivity index (χ2n) is 6.09. The van der Waals surface area contributed by atoms with Gasteiger partial charge in [0.15, 0.2) is 0 Å². The Bertz CT molecular complexity index is 663. The monoisotopic (exact) mass is 272 g/mol. The Balaban J connectivity index is 1.86. The number of carbonyl (C=O) groups is 1. The third kappa shape index (κ3) is 2.18. The molecule has 0 aliphatic carbocycles. The lowest BCUT2D eigenvalue weighted by atomic mass is 9.90. The van der Waals surface area contributed by atoms with Gasteiger partial charge >= 0.3 is 0 Å². The van der Waals surface area contributed by atoms with E-state index >= 15 is 0 Å². The van der Waals surface area contributed by atoms with Crippen molar-refractivity contribution in [3.8, 4) is 0 Å². The molecule has 1 aliphatic heterocycles. The molecule has 3 heterocycles. The molecule has 1 amide bonds. The average Bonchev–Trinajstić information content (AvgIpc) is 3.02. The first-order valence-corrected chi connectivity index (χ1v) is 6.95. The zero-order chi connectivity index (χ0) is 14.3. The van der Waals surface area contributed by atoms with Crippen LogP contribution in [0.1, 0.15) is 29.4 Å². The van der Waals surface area contributed by atoms with E-state index in [9.17, 15) is 4.79 Å². The van der Waals surface area contributed by atoms with Crippen LogP contribution < -0.4 is 5.73 Å². The fraction of sp³-hybridized carbons (Fsp3) is 0.467. The van der Waals surface area contributed by atoms with Crippen LogP contribution >= 0.6 is 0 Å². The summed E-state index contributed by atoms with van der Waals surface area (Å²) in [5, 5.41) is 0. The quantitative estimate of drug-likeness (QED) is 0.900. The molecule has 5 nitrogen and oxygen atoms in total. The second-order valence-corrected chi connectivity index (χ2v) is 6.09. The van der Waals surface area contributed by atoms with Crippen LogP contribution in [0.25, 0.3) is 5.65 Å². The Morgan fingerprint density at radius 3 is 3.05 bits per heavy atom. The summed E-state index contributed by atoms with van der Waals surface area (Å²) in [6.45, 7) is 6.24. The molecule has 1 aliphatic rings. The molecule has 1 atom stereocenters. The molecule has 1 fully saturated rings. The van der Waals surface area contributed by atoms with E-state index in [0.29, 0.717) is 12.2 Å². The molecule has 20 heavy (non-hydrogen) atoms. The van der Waals surface area contributed by atoms with Gasteiger partial charge in [-0.05, 0) is 43.0 Å². The van der Waals surface area contributed by atoms with Gasteiger partial charge in [-0.1, -0.05) is 6.92 Å². The highest BCUT2D eigenvalue weighted by Crippen LogP contribution is 2.29. The number of rotatable bonds is 2. The summed E-state index contributed by atoms with van der Waals surface area (Å²) in [4.78, 5) is 18.8. The molecular weight excluding hydrogens is 252 g/mol. The van der Waals surface area contributed by atoms with Crippen molar-refractivity contribution in [1.29, 1.82) is 0 Å². The van der Waals surface area contributed by atoms with Gasteiger partial charge in [-0.15, -0.1) is 0 Å². The molecule has 0 bridgehead atoms.